The van der Waals surface area contributed by atoms with E-state index in [2.05, 4.69) is 9.97 Å². The zero-order valence-corrected chi connectivity index (χ0v) is 10.4. The number of alkyl halides is 1. The lowest BCUT2D eigenvalue weighted by molar-refractivity contribution is 0.397. The summed E-state index contributed by atoms with van der Waals surface area (Å²) in [6.45, 7) is 0. The number of aromatic nitrogens is 2. The molecule has 0 spiro atoms. The molecule has 0 aliphatic heterocycles. The summed E-state index contributed by atoms with van der Waals surface area (Å²) in [6.07, 6.45) is 4.42. The first kappa shape index (κ1) is 11.4. The van der Waals surface area contributed by atoms with Gasteiger partial charge in [-0.15, -0.1) is 22.9 Å². The van der Waals surface area contributed by atoms with Crippen LogP contribution < -0.4 is 4.74 Å². The average Bonchev–Trinajstić information content (AvgIpc) is 2.78. The Morgan fingerprint density at radius 2 is 2.19 bits per heavy atom. The number of ether oxygens (including phenoxy) is 1. The van der Waals surface area contributed by atoms with Crippen LogP contribution in [0.3, 0.4) is 0 Å². The fourth-order valence-corrected chi connectivity index (χ4v) is 2.34. The van der Waals surface area contributed by atoms with Gasteiger partial charge in [-0.25, -0.2) is 9.97 Å². The Morgan fingerprint density at radius 1 is 1.31 bits per heavy atom. The van der Waals surface area contributed by atoms with Gasteiger partial charge in [0.25, 0.3) is 0 Å². The summed E-state index contributed by atoms with van der Waals surface area (Å²) < 4.78 is 5.00. The maximum absolute atomic E-state index is 5.72. The number of nitrogens with zero attached hydrogens (tertiary/aromatic N) is 2. The number of halogens is 1. The fraction of sp³-hybridized carbons (Fsp3) is 0.273. The van der Waals surface area contributed by atoms with E-state index in [4.69, 9.17) is 16.3 Å². The predicted octanol–water partition coefficient (Wildman–Crippen LogP) is 2.88. The molecule has 16 heavy (non-hydrogen) atoms. The van der Waals surface area contributed by atoms with Crippen molar-refractivity contribution in [3.05, 3.63) is 40.0 Å². The summed E-state index contributed by atoms with van der Waals surface area (Å²) in [5.41, 5.74) is 1.12. The molecule has 0 saturated heterocycles. The topological polar surface area (TPSA) is 35.0 Å². The predicted molar refractivity (Wildman–Crippen MR) is 65.3 cm³/mol. The molecule has 0 amide bonds. The number of methoxy groups -OCH3 is 1. The molecule has 0 aliphatic rings. The van der Waals surface area contributed by atoms with Gasteiger partial charge in [0.05, 0.1) is 18.0 Å². The van der Waals surface area contributed by atoms with Crippen molar-refractivity contribution in [2.24, 2.45) is 0 Å². The molecule has 0 unspecified atom stereocenters. The van der Waals surface area contributed by atoms with Gasteiger partial charge in [0.1, 0.15) is 0 Å². The van der Waals surface area contributed by atoms with E-state index >= 15 is 0 Å². The number of pyridine rings is 1. The third kappa shape index (κ3) is 2.71. The molecule has 0 N–H and O–H groups in total. The molecule has 0 aliphatic carbocycles. The first-order chi connectivity index (χ1) is 7.81. The molecule has 0 bridgehead atoms. The molecule has 3 nitrogen and oxygen atoms in total. The van der Waals surface area contributed by atoms with Crippen molar-refractivity contribution in [2.45, 2.75) is 12.3 Å². The van der Waals surface area contributed by atoms with Gasteiger partial charge in [0.2, 0.25) is 5.88 Å². The normalized spacial score (nSPS) is 10.4. The molecule has 2 aromatic rings. The van der Waals surface area contributed by atoms with E-state index in [1.54, 1.807) is 24.6 Å². The van der Waals surface area contributed by atoms with Crippen LogP contribution in [-0.2, 0) is 12.3 Å². The van der Waals surface area contributed by atoms with E-state index in [0.717, 1.165) is 21.9 Å². The Hall–Kier alpha value is -1.13. The Kier molecular flexibility index (Phi) is 3.74. The molecule has 84 valence electrons. The van der Waals surface area contributed by atoms with Crippen molar-refractivity contribution in [2.75, 3.05) is 7.11 Å². The van der Waals surface area contributed by atoms with Crippen LogP contribution >= 0.6 is 22.9 Å². The number of hydrogen-bond acceptors (Lipinski definition) is 4. The monoisotopic (exact) mass is 254 g/mol. The number of hydrogen-bond donors (Lipinski definition) is 0. The largest absolute Gasteiger partial charge is 0.481 e. The Morgan fingerprint density at radius 3 is 2.75 bits per heavy atom. The lowest BCUT2D eigenvalue weighted by Crippen LogP contribution is -1.91. The maximum Gasteiger partial charge on any atom is 0.212 e. The molecular weight excluding hydrogens is 244 g/mol. The summed E-state index contributed by atoms with van der Waals surface area (Å²) in [5, 5.41) is 1.06. The Bertz CT molecular complexity index is 455. The van der Waals surface area contributed by atoms with Crippen LogP contribution in [0.15, 0.2) is 24.5 Å². The number of rotatable bonds is 4. The number of thiazole rings is 1. The molecule has 5 heteroatoms. The van der Waals surface area contributed by atoms with Crippen LogP contribution in [-0.4, -0.2) is 17.1 Å². The minimum Gasteiger partial charge on any atom is -0.481 e. The Balaban J connectivity index is 2.08. The molecule has 2 heterocycles. The lowest BCUT2D eigenvalue weighted by atomic mass is 10.2. The molecule has 0 fully saturated rings. The minimum absolute atomic E-state index is 0.526. The highest BCUT2D eigenvalue weighted by Crippen LogP contribution is 2.18. The van der Waals surface area contributed by atoms with Gasteiger partial charge in [0, 0.05) is 29.8 Å². The average molecular weight is 255 g/mol. The molecule has 0 aromatic carbocycles. The van der Waals surface area contributed by atoms with Gasteiger partial charge in [0.15, 0.2) is 0 Å². The second-order valence-corrected chi connectivity index (χ2v) is 4.71. The van der Waals surface area contributed by atoms with E-state index in [1.807, 2.05) is 18.3 Å². The lowest BCUT2D eigenvalue weighted by Gasteiger charge is -2.00. The highest BCUT2D eigenvalue weighted by atomic mass is 35.5. The van der Waals surface area contributed by atoms with Crippen molar-refractivity contribution in [3.63, 3.8) is 0 Å². The van der Waals surface area contributed by atoms with Crippen molar-refractivity contribution < 1.29 is 4.74 Å². The third-order valence-electron chi connectivity index (χ3n) is 2.10. The van der Waals surface area contributed by atoms with Crippen LogP contribution in [0.25, 0.3) is 0 Å². The Labute approximate surface area is 103 Å². The minimum atomic E-state index is 0.526. The van der Waals surface area contributed by atoms with Gasteiger partial charge in [-0.3, -0.25) is 0 Å². The second-order valence-electron chi connectivity index (χ2n) is 3.24. The van der Waals surface area contributed by atoms with Crippen LogP contribution in [0, 0.1) is 0 Å². The van der Waals surface area contributed by atoms with Crippen LogP contribution in [0.4, 0.5) is 0 Å². The van der Waals surface area contributed by atoms with E-state index in [0.29, 0.717) is 11.8 Å². The van der Waals surface area contributed by atoms with Crippen LogP contribution in [0.2, 0.25) is 0 Å². The van der Waals surface area contributed by atoms with Gasteiger partial charge in [-0.05, 0) is 5.56 Å². The maximum atomic E-state index is 5.72. The van der Waals surface area contributed by atoms with Crippen molar-refractivity contribution in [3.8, 4) is 5.88 Å². The highest BCUT2D eigenvalue weighted by molar-refractivity contribution is 7.11. The van der Waals surface area contributed by atoms with Gasteiger partial charge in [-0.1, -0.05) is 6.07 Å². The van der Waals surface area contributed by atoms with E-state index in [1.165, 1.54) is 0 Å². The first-order valence-corrected chi connectivity index (χ1v) is 6.15. The van der Waals surface area contributed by atoms with Gasteiger partial charge < -0.3 is 4.74 Å². The first-order valence-electron chi connectivity index (χ1n) is 4.80. The fourth-order valence-electron chi connectivity index (χ4n) is 1.30. The van der Waals surface area contributed by atoms with Crippen molar-refractivity contribution in [1.82, 2.24) is 9.97 Å². The van der Waals surface area contributed by atoms with Crippen molar-refractivity contribution in [1.29, 1.82) is 0 Å². The van der Waals surface area contributed by atoms with Crippen LogP contribution in [0.5, 0.6) is 5.88 Å². The second kappa shape index (κ2) is 5.27. The summed E-state index contributed by atoms with van der Waals surface area (Å²) in [6, 6.07) is 3.85. The molecular formula is C11H11ClN2OS. The molecule has 0 atom stereocenters. The molecule has 0 saturated carbocycles. The van der Waals surface area contributed by atoms with Crippen molar-refractivity contribution >= 4 is 22.9 Å². The summed E-state index contributed by atoms with van der Waals surface area (Å²) in [7, 11) is 1.61. The standard InChI is InChI=1S/C11H11ClN2OS/c1-15-10-3-2-8(6-13-10)4-11-14-7-9(5-12)16-11/h2-3,6-7H,4-5H2,1H3. The molecule has 2 rings (SSSR count). The highest BCUT2D eigenvalue weighted by Gasteiger charge is 2.03. The quantitative estimate of drug-likeness (QED) is 0.787. The molecule has 0 radical (unpaired) electrons. The zero-order chi connectivity index (χ0) is 11.4. The van der Waals surface area contributed by atoms with Gasteiger partial charge in [-0.2, -0.15) is 0 Å². The molecule has 2 aromatic heterocycles. The third-order valence-corrected chi connectivity index (χ3v) is 3.54. The van der Waals surface area contributed by atoms with E-state index < -0.39 is 0 Å². The summed E-state index contributed by atoms with van der Waals surface area (Å²) in [5.74, 6) is 1.16. The van der Waals surface area contributed by atoms with Gasteiger partial charge >= 0.3 is 0 Å². The summed E-state index contributed by atoms with van der Waals surface area (Å²) in [4.78, 5) is 9.54. The van der Waals surface area contributed by atoms with E-state index in [9.17, 15) is 0 Å². The smallest absolute Gasteiger partial charge is 0.212 e. The zero-order valence-electron chi connectivity index (χ0n) is 8.81. The SMILES string of the molecule is COc1ccc(Cc2ncc(CCl)s2)cn1. The summed E-state index contributed by atoms with van der Waals surface area (Å²) >= 11 is 7.36. The van der Waals surface area contributed by atoms with Crippen LogP contribution in [0.1, 0.15) is 15.4 Å². The van der Waals surface area contributed by atoms with E-state index in [-0.39, 0.29) is 0 Å².